The summed E-state index contributed by atoms with van der Waals surface area (Å²) in [6.45, 7) is 2.10. The summed E-state index contributed by atoms with van der Waals surface area (Å²) < 4.78 is 0. The topological polar surface area (TPSA) is 66.9 Å². The Labute approximate surface area is 112 Å². The van der Waals surface area contributed by atoms with E-state index in [1.165, 1.54) is 0 Å². The number of rotatable bonds is 4. The summed E-state index contributed by atoms with van der Waals surface area (Å²) >= 11 is 0. The van der Waals surface area contributed by atoms with Gasteiger partial charge in [-0.15, -0.1) is 5.06 Å². The maximum Gasteiger partial charge on any atom is 0.333 e. The first-order valence-electron chi connectivity index (χ1n) is 6.81. The van der Waals surface area contributed by atoms with E-state index in [0.29, 0.717) is 11.0 Å². The fraction of sp³-hybridized carbons (Fsp3) is 0.769. The number of imide groups is 1. The molecule has 0 aromatic rings. The van der Waals surface area contributed by atoms with Crippen LogP contribution in [-0.4, -0.2) is 47.9 Å². The van der Waals surface area contributed by atoms with Crippen molar-refractivity contribution in [3.05, 3.63) is 0 Å². The predicted molar refractivity (Wildman–Crippen MR) is 66.6 cm³/mol. The van der Waals surface area contributed by atoms with Crippen LogP contribution in [0.3, 0.4) is 0 Å². The zero-order valence-corrected chi connectivity index (χ0v) is 11.3. The molecule has 2 fully saturated rings. The Morgan fingerprint density at radius 3 is 2.63 bits per heavy atom. The molecular formula is C13H20N2O4. The third-order valence-corrected chi connectivity index (χ3v) is 3.68. The van der Waals surface area contributed by atoms with Gasteiger partial charge >= 0.3 is 5.97 Å². The van der Waals surface area contributed by atoms with Crippen LogP contribution in [0.1, 0.15) is 38.5 Å². The monoisotopic (exact) mass is 268 g/mol. The summed E-state index contributed by atoms with van der Waals surface area (Å²) in [5.41, 5.74) is 0. The largest absolute Gasteiger partial charge is 0.333 e. The van der Waals surface area contributed by atoms with Gasteiger partial charge in [-0.25, -0.2) is 4.79 Å². The van der Waals surface area contributed by atoms with E-state index < -0.39 is 17.8 Å². The van der Waals surface area contributed by atoms with Gasteiger partial charge in [0.05, 0.1) is 0 Å². The predicted octanol–water partition coefficient (Wildman–Crippen LogP) is 0.716. The van der Waals surface area contributed by atoms with Crippen molar-refractivity contribution in [3.63, 3.8) is 0 Å². The molecule has 0 aromatic carbocycles. The molecule has 2 saturated heterocycles. The molecule has 2 aliphatic heterocycles. The van der Waals surface area contributed by atoms with E-state index >= 15 is 0 Å². The number of nitrogens with zero attached hydrogens (tertiary/aromatic N) is 2. The molecule has 0 bridgehead atoms. The highest BCUT2D eigenvalue weighted by Crippen LogP contribution is 2.20. The molecule has 0 N–H and O–H groups in total. The molecule has 6 heteroatoms. The van der Waals surface area contributed by atoms with E-state index in [-0.39, 0.29) is 19.3 Å². The Kier molecular flexibility index (Phi) is 4.52. The van der Waals surface area contributed by atoms with Crippen LogP contribution in [0.15, 0.2) is 0 Å². The SMILES string of the molecule is CN1CCCC(CCC(=O)ON2C(=O)CCC2=O)C1. The molecule has 2 amide bonds. The Balaban J connectivity index is 1.72. The van der Waals surface area contributed by atoms with Gasteiger partial charge < -0.3 is 9.74 Å². The van der Waals surface area contributed by atoms with E-state index in [0.717, 1.165) is 32.4 Å². The van der Waals surface area contributed by atoms with Crippen LogP contribution in [0, 0.1) is 5.92 Å². The molecule has 6 nitrogen and oxygen atoms in total. The quantitative estimate of drug-likeness (QED) is 0.703. The van der Waals surface area contributed by atoms with Gasteiger partial charge in [0.15, 0.2) is 0 Å². The van der Waals surface area contributed by atoms with Crippen molar-refractivity contribution in [2.45, 2.75) is 38.5 Å². The Morgan fingerprint density at radius 1 is 1.32 bits per heavy atom. The molecule has 2 rings (SSSR count). The lowest BCUT2D eigenvalue weighted by Gasteiger charge is -2.29. The molecule has 2 aliphatic rings. The highest BCUT2D eigenvalue weighted by atomic mass is 16.7. The van der Waals surface area contributed by atoms with Gasteiger partial charge in [-0.2, -0.15) is 0 Å². The maximum atomic E-state index is 11.6. The van der Waals surface area contributed by atoms with Crippen LogP contribution in [0.25, 0.3) is 0 Å². The van der Waals surface area contributed by atoms with Crippen LogP contribution >= 0.6 is 0 Å². The molecule has 1 atom stereocenters. The van der Waals surface area contributed by atoms with Crippen LogP contribution < -0.4 is 0 Å². The fourth-order valence-corrected chi connectivity index (χ4v) is 2.64. The standard InChI is InChI=1S/C13H20N2O4/c1-14-8-2-3-10(9-14)4-7-13(18)19-15-11(16)5-6-12(15)17/h10H,2-9H2,1H3. The van der Waals surface area contributed by atoms with Crippen LogP contribution in [-0.2, 0) is 19.2 Å². The fourth-order valence-electron chi connectivity index (χ4n) is 2.64. The lowest BCUT2D eigenvalue weighted by Crippen LogP contribution is -2.34. The average Bonchev–Trinajstić information content (AvgIpc) is 2.68. The summed E-state index contributed by atoms with van der Waals surface area (Å²) in [4.78, 5) is 41.3. The second-order valence-corrected chi connectivity index (χ2v) is 5.35. The highest BCUT2D eigenvalue weighted by molar-refractivity contribution is 6.01. The number of hydrogen-bond donors (Lipinski definition) is 0. The molecular weight excluding hydrogens is 248 g/mol. The Hall–Kier alpha value is -1.43. The van der Waals surface area contributed by atoms with Crippen LogP contribution in [0.5, 0.6) is 0 Å². The molecule has 1 unspecified atom stereocenters. The number of piperidine rings is 1. The van der Waals surface area contributed by atoms with Crippen molar-refractivity contribution in [1.82, 2.24) is 9.96 Å². The molecule has 2 heterocycles. The number of carbonyl (C=O) groups is 3. The molecule has 0 saturated carbocycles. The molecule has 0 spiro atoms. The second kappa shape index (κ2) is 6.14. The van der Waals surface area contributed by atoms with E-state index in [1.807, 2.05) is 0 Å². The minimum atomic E-state index is -0.489. The van der Waals surface area contributed by atoms with Crippen molar-refractivity contribution in [1.29, 1.82) is 0 Å². The summed E-state index contributed by atoms with van der Waals surface area (Å²) in [5, 5.41) is 0.620. The first-order valence-corrected chi connectivity index (χ1v) is 6.81. The number of likely N-dealkylation sites (tertiary alicyclic amines) is 1. The number of hydroxylamine groups is 2. The van der Waals surface area contributed by atoms with E-state index in [2.05, 4.69) is 11.9 Å². The van der Waals surface area contributed by atoms with Crippen LogP contribution in [0.2, 0.25) is 0 Å². The number of carbonyl (C=O) groups excluding carboxylic acids is 3. The minimum Gasteiger partial charge on any atom is -0.330 e. The van der Waals surface area contributed by atoms with Gasteiger partial charge in [0.25, 0.3) is 11.8 Å². The molecule has 106 valence electrons. The average molecular weight is 268 g/mol. The van der Waals surface area contributed by atoms with Crippen molar-refractivity contribution in [3.8, 4) is 0 Å². The van der Waals surface area contributed by atoms with Crippen molar-refractivity contribution < 1.29 is 19.2 Å². The zero-order chi connectivity index (χ0) is 13.8. The number of hydrogen-bond acceptors (Lipinski definition) is 5. The number of amides is 2. The third-order valence-electron chi connectivity index (χ3n) is 3.68. The minimum absolute atomic E-state index is 0.138. The Bertz CT molecular complexity index is 367. The van der Waals surface area contributed by atoms with Crippen molar-refractivity contribution in [2.24, 2.45) is 5.92 Å². The molecule has 0 radical (unpaired) electrons. The summed E-state index contributed by atoms with van der Waals surface area (Å²) in [6.07, 6.45) is 3.56. The van der Waals surface area contributed by atoms with Gasteiger partial charge in [0, 0.05) is 25.8 Å². The van der Waals surface area contributed by atoms with Gasteiger partial charge in [0.1, 0.15) is 0 Å². The van der Waals surface area contributed by atoms with Gasteiger partial charge in [-0.3, -0.25) is 9.59 Å². The van der Waals surface area contributed by atoms with Gasteiger partial charge in [-0.05, 0) is 38.8 Å². The first-order chi connectivity index (χ1) is 9.06. The van der Waals surface area contributed by atoms with Crippen molar-refractivity contribution >= 4 is 17.8 Å². The summed E-state index contributed by atoms with van der Waals surface area (Å²) in [5.74, 6) is -0.834. The Morgan fingerprint density at radius 2 is 2.00 bits per heavy atom. The summed E-state index contributed by atoms with van der Waals surface area (Å²) in [6, 6.07) is 0. The summed E-state index contributed by atoms with van der Waals surface area (Å²) in [7, 11) is 2.08. The van der Waals surface area contributed by atoms with E-state index in [9.17, 15) is 14.4 Å². The normalized spacial score (nSPS) is 24.9. The molecule has 0 aromatic heterocycles. The van der Waals surface area contributed by atoms with Gasteiger partial charge in [0.2, 0.25) is 0 Å². The van der Waals surface area contributed by atoms with Gasteiger partial charge in [-0.1, -0.05) is 0 Å². The molecule has 0 aliphatic carbocycles. The van der Waals surface area contributed by atoms with Crippen LogP contribution in [0.4, 0.5) is 0 Å². The van der Waals surface area contributed by atoms with E-state index in [1.54, 1.807) is 0 Å². The maximum absolute atomic E-state index is 11.6. The highest BCUT2D eigenvalue weighted by Gasteiger charge is 2.32. The molecule has 19 heavy (non-hydrogen) atoms. The zero-order valence-electron chi connectivity index (χ0n) is 11.3. The lowest BCUT2D eigenvalue weighted by atomic mass is 9.94. The first kappa shape index (κ1) is 14.0. The van der Waals surface area contributed by atoms with Crippen molar-refractivity contribution in [2.75, 3.05) is 20.1 Å². The lowest BCUT2D eigenvalue weighted by molar-refractivity contribution is -0.197. The third kappa shape index (κ3) is 3.76. The van der Waals surface area contributed by atoms with E-state index in [4.69, 9.17) is 4.84 Å². The smallest absolute Gasteiger partial charge is 0.330 e. The second-order valence-electron chi connectivity index (χ2n) is 5.35.